The maximum atomic E-state index is 12.7. The summed E-state index contributed by atoms with van der Waals surface area (Å²) in [4.78, 5) is 12.3. The van der Waals surface area contributed by atoms with Crippen LogP contribution >= 0.6 is 27.5 Å². The second-order valence-corrected chi connectivity index (χ2v) is 6.39. The van der Waals surface area contributed by atoms with Crippen LogP contribution in [0.15, 0.2) is 22.7 Å². The van der Waals surface area contributed by atoms with E-state index in [2.05, 4.69) is 21.2 Å². The smallest absolute Gasteiger partial charge is 0.345 e. The summed E-state index contributed by atoms with van der Waals surface area (Å²) in [6.07, 6.45) is -1.07. The van der Waals surface area contributed by atoms with Gasteiger partial charge in [0.25, 0.3) is 5.91 Å². The Balaban J connectivity index is 2.26. The molecule has 0 radical (unpaired) electrons. The first-order chi connectivity index (χ1) is 9.77. The van der Waals surface area contributed by atoms with E-state index in [1.165, 1.54) is 6.07 Å². The fourth-order valence-corrected chi connectivity index (χ4v) is 3.29. The summed E-state index contributed by atoms with van der Waals surface area (Å²) >= 11 is 9.06. The van der Waals surface area contributed by atoms with Crippen molar-refractivity contribution in [2.75, 3.05) is 5.88 Å². The highest BCUT2D eigenvalue weighted by atomic mass is 79.9. The van der Waals surface area contributed by atoms with E-state index in [1.54, 1.807) is 0 Å². The Hall–Kier alpha value is -0.750. The van der Waals surface area contributed by atoms with E-state index in [0.717, 1.165) is 37.8 Å². The van der Waals surface area contributed by atoms with E-state index in [-0.39, 0.29) is 11.4 Å². The molecule has 0 heterocycles. The van der Waals surface area contributed by atoms with Crippen LogP contribution in [0.5, 0.6) is 0 Å². The first-order valence-corrected chi connectivity index (χ1v) is 7.85. The summed E-state index contributed by atoms with van der Waals surface area (Å²) < 4.78 is 38.6. The molecule has 0 aliphatic heterocycles. The van der Waals surface area contributed by atoms with Gasteiger partial charge in [-0.3, -0.25) is 4.79 Å². The van der Waals surface area contributed by atoms with Gasteiger partial charge < -0.3 is 5.32 Å². The van der Waals surface area contributed by atoms with Crippen molar-refractivity contribution in [1.82, 2.24) is 5.32 Å². The minimum atomic E-state index is -4.48. The van der Waals surface area contributed by atoms with Crippen LogP contribution in [0.3, 0.4) is 0 Å². The molecule has 1 aromatic carbocycles. The Morgan fingerprint density at radius 1 is 1.33 bits per heavy atom. The molecule has 0 bridgehead atoms. The van der Waals surface area contributed by atoms with Crippen molar-refractivity contribution in [3.05, 3.63) is 33.8 Å². The average molecular weight is 385 g/mol. The molecule has 1 amide bonds. The van der Waals surface area contributed by atoms with Crippen LogP contribution in [0, 0.1) is 0 Å². The van der Waals surface area contributed by atoms with E-state index in [4.69, 9.17) is 11.6 Å². The number of nitrogens with one attached hydrogen (secondary N) is 1. The van der Waals surface area contributed by atoms with Crippen molar-refractivity contribution in [3.8, 4) is 0 Å². The molecule has 21 heavy (non-hydrogen) atoms. The zero-order valence-electron chi connectivity index (χ0n) is 11.1. The first kappa shape index (κ1) is 16.6. The molecular formula is C14H14BrClF3NO. The SMILES string of the molecule is O=C(NC1(CCl)CCCC1)c1cc(C(F)(F)F)ccc1Br. The molecular weight excluding hydrogens is 371 g/mol. The van der Waals surface area contributed by atoms with Crippen molar-refractivity contribution in [2.45, 2.75) is 37.4 Å². The standard InChI is InChI=1S/C14H14BrClF3NO/c15-11-4-3-9(14(17,18)19)7-10(11)12(21)20-13(8-16)5-1-2-6-13/h3-4,7H,1-2,5-6,8H2,(H,20,21). The fourth-order valence-electron chi connectivity index (χ4n) is 2.53. The molecule has 2 rings (SSSR count). The van der Waals surface area contributed by atoms with Gasteiger partial charge in [0.2, 0.25) is 0 Å². The Kier molecular flexibility index (Phi) is 4.88. The van der Waals surface area contributed by atoms with Gasteiger partial charge >= 0.3 is 6.18 Å². The molecule has 0 saturated heterocycles. The molecule has 0 unspecified atom stereocenters. The summed E-state index contributed by atoms with van der Waals surface area (Å²) in [6, 6.07) is 3.03. The maximum Gasteiger partial charge on any atom is 0.416 e. The van der Waals surface area contributed by atoms with Crippen molar-refractivity contribution in [1.29, 1.82) is 0 Å². The summed E-state index contributed by atoms with van der Waals surface area (Å²) in [7, 11) is 0. The highest BCUT2D eigenvalue weighted by Crippen LogP contribution is 2.34. The lowest BCUT2D eigenvalue weighted by atomic mass is 9.99. The summed E-state index contributed by atoms with van der Waals surface area (Å²) in [6.45, 7) is 0. The molecule has 1 aliphatic carbocycles. The predicted molar refractivity (Wildman–Crippen MR) is 78.5 cm³/mol. The molecule has 2 nitrogen and oxygen atoms in total. The third kappa shape index (κ3) is 3.72. The first-order valence-electron chi connectivity index (χ1n) is 6.53. The Labute approximate surface area is 134 Å². The molecule has 1 aliphatic rings. The number of carbonyl (C=O) groups is 1. The van der Waals surface area contributed by atoms with Gasteiger partial charge in [-0.1, -0.05) is 12.8 Å². The van der Waals surface area contributed by atoms with E-state index >= 15 is 0 Å². The minimum absolute atomic E-state index is 0.0267. The van der Waals surface area contributed by atoms with Gasteiger partial charge in [0.1, 0.15) is 0 Å². The van der Waals surface area contributed by atoms with E-state index < -0.39 is 23.2 Å². The van der Waals surface area contributed by atoms with Crippen molar-refractivity contribution >= 4 is 33.4 Å². The number of halogens is 5. The number of carbonyl (C=O) groups excluding carboxylic acids is 1. The second-order valence-electron chi connectivity index (χ2n) is 5.27. The number of hydrogen-bond donors (Lipinski definition) is 1. The number of alkyl halides is 4. The number of rotatable bonds is 3. The molecule has 1 N–H and O–H groups in total. The second kappa shape index (κ2) is 6.16. The number of amides is 1. The Bertz CT molecular complexity index is 542. The highest BCUT2D eigenvalue weighted by molar-refractivity contribution is 9.10. The van der Waals surface area contributed by atoms with E-state index in [9.17, 15) is 18.0 Å². The highest BCUT2D eigenvalue weighted by Gasteiger charge is 2.36. The van der Waals surface area contributed by atoms with E-state index in [0.29, 0.717) is 4.47 Å². The van der Waals surface area contributed by atoms with Gasteiger partial charge in [0.05, 0.1) is 16.7 Å². The molecule has 7 heteroatoms. The van der Waals surface area contributed by atoms with Crippen LogP contribution in [0.1, 0.15) is 41.6 Å². The number of benzene rings is 1. The van der Waals surface area contributed by atoms with Gasteiger partial charge in [-0.2, -0.15) is 13.2 Å². The molecule has 0 spiro atoms. The lowest BCUT2D eigenvalue weighted by molar-refractivity contribution is -0.137. The van der Waals surface area contributed by atoms with E-state index in [1.807, 2.05) is 0 Å². The summed E-state index contributed by atoms with van der Waals surface area (Å²) in [5, 5.41) is 2.81. The minimum Gasteiger partial charge on any atom is -0.345 e. The third-order valence-corrected chi connectivity index (χ3v) is 4.94. The third-order valence-electron chi connectivity index (χ3n) is 3.73. The predicted octanol–water partition coefficient (Wildman–Crippen LogP) is 4.75. The molecule has 1 fully saturated rings. The Morgan fingerprint density at radius 3 is 2.48 bits per heavy atom. The van der Waals surface area contributed by atoms with Crippen molar-refractivity contribution in [3.63, 3.8) is 0 Å². The zero-order chi connectivity index (χ0) is 15.7. The van der Waals surface area contributed by atoms with Crippen LogP contribution in [0.25, 0.3) is 0 Å². The fraction of sp³-hybridized carbons (Fsp3) is 0.500. The molecule has 0 aromatic heterocycles. The maximum absolute atomic E-state index is 12.7. The molecule has 116 valence electrons. The summed E-state index contributed by atoms with van der Waals surface area (Å²) in [5.74, 6) is -0.273. The van der Waals surface area contributed by atoms with Crippen molar-refractivity contribution < 1.29 is 18.0 Å². The van der Waals surface area contributed by atoms with Crippen LogP contribution in [-0.4, -0.2) is 17.3 Å². The largest absolute Gasteiger partial charge is 0.416 e. The average Bonchev–Trinajstić information content (AvgIpc) is 2.87. The zero-order valence-corrected chi connectivity index (χ0v) is 13.4. The van der Waals surface area contributed by atoms with Crippen LogP contribution < -0.4 is 5.32 Å². The lowest BCUT2D eigenvalue weighted by Gasteiger charge is -2.28. The van der Waals surface area contributed by atoms with Crippen LogP contribution in [0.4, 0.5) is 13.2 Å². The molecule has 1 saturated carbocycles. The lowest BCUT2D eigenvalue weighted by Crippen LogP contribution is -2.48. The normalized spacial score (nSPS) is 17.8. The van der Waals surface area contributed by atoms with Gasteiger partial charge in [-0.25, -0.2) is 0 Å². The number of hydrogen-bond acceptors (Lipinski definition) is 1. The van der Waals surface area contributed by atoms with Gasteiger partial charge in [-0.15, -0.1) is 11.6 Å². The monoisotopic (exact) mass is 383 g/mol. The van der Waals surface area contributed by atoms with Gasteiger partial charge in [-0.05, 0) is 47.0 Å². The quantitative estimate of drug-likeness (QED) is 0.749. The van der Waals surface area contributed by atoms with Gasteiger partial charge in [0.15, 0.2) is 0 Å². The Morgan fingerprint density at radius 2 is 1.95 bits per heavy atom. The van der Waals surface area contributed by atoms with Crippen LogP contribution in [0.2, 0.25) is 0 Å². The topological polar surface area (TPSA) is 29.1 Å². The molecule has 1 aromatic rings. The molecule has 0 atom stereocenters. The van der Waals surface area contributed by atoms with Crippen LogP contribution in [-0.2, 0) is 6.18 Å². The van der Waals surface area contributed by atoms with Crippen molar-refractivity contribution in [2.24, 2.45) is 0 Å². The van der Waals surface area contributed by atoms with Gasteiger partial charge in [0, 0.05) is 10.4 Å². The summed E-state index contributed by atoms with van der Waals surface area (Å²) in [5.41, 5.74) is -1.38.